The fraction of sp³-hybridized carbons (Fsp3) is 0.238. The van der Waals surface area contributed by atoms with E-state index in [1.165, 1.54) is 32.1 Å². The second-order valence-electron chi connectivity index (χ2n) is 4.80. The fourth-order valence-electron chi connectivity index (χ4n) is 1.82. The summed E-state index contributed by atoms with van der Waals surface area (Å²) >= 11 is 0. The first-order valence-corrected chi connectivity index (χ1v) is 7.82. The highest BCUT2D eigenvalue weighted by atomic mass is 13.9. The van der Waals surface area contributed by atoms with Gasteiger partial charge in [0.25, 0.3) is 0 Å². The quantitative estimate of drug-likeness (QED) is 0.481. The molecule has 0 heteroatoms. The summed E-state index contributed by atoms with van der Waals surface area (Å²) in [5.41, 5.74) is 0. The van der Waals surface area contributed by atoms with Crippen LogP contribution in [0.5, 0.6) is 0 Å². The van der Waals surface area contributed by atoms with Gasteiger partial charge < -0.3 is 0 Å². The number of allylic oxidation sites excluding steroid dienone is 16. The van der Waals surface area contributed by atoms with Crippen molar-refractivity contribution in [3.05, 3.63) is 97.2 Å². The summed E-state index contributed by atoms with van der Waals surface area (Å²) in [6.45, 7) is 0. The van der Waals surface area contributed by atoms with Crippen molar-refractivity contribution < 1.29 is 0 Å². The van der Waals surface area contributed by atoms with E-state index in [1.54, 1.807) is 0 Å². The summed E-state index contributed by atoms with van der Waals surface area (Å²) in [6.07, 6.45) is 39.5. The Hall–Kier alpha value is -2.08. The standard InChI is InChI=1S/C21H26/c1-2-4-6-8-10-12-14-16-18-20-21-19-17-15-13-11-9-7-5-3-1/h1-16H,17-21H2/b3-1-,4-2-,7-5-,8-6+,11-9+,12-10+,15-13?,16-14-. The van der Waals surface area contributed by atoms with E-state index in [2.05, 4.69) is 48.6 Å². The first-order valence-electron chi connectivity index (χ1n) is 7.82. The molecule has 0 atom stereocenters. The predicted molar refractivity (Wildman–Crippen MR) is 96.2 cm³/mol. The number of hydrogen-bond donors (Lipinski definition) is 0. The molecule has 1 aliphatic rings. The highest BCUT2D eigenvalue weighted by molar-refractivity contribution is 5.21. The van der Waals surface area contributed by atoms with Crippen LogP contribution in [0.2, 0.25) is 0 Å². The average molecular weight is 278 g/mol. The lowest BCUT2D eigenvalue weighted by Gasteiger charge is -1.94. The molecule has 0 saturated heterocycles. The van der Waals surface area contributed by atoms with Crippen molar-refractivity contribution in [3.8, 4) is 0 Å². The topological polar surface area (TPSA) is 0 Å². The van der Waals surface area contributed by atoms with Gasteiger partial charge in [0, 0.05) is 0 Å². The maximum absolute atomic E-state index is 2.25. The minimum absolute atomic E-state index is 1.17. The van der Waals surface area contributed by atoms with Crippen LogP contribution in [0, 0.1) is 0 Å². The Bertz CT molecular complexity index is 418. The van der Waals surface area contributed by atoms with Gasteiger partial charge in [-0.2, -0.15) is 0 Å². The van der Waals surface area contributed by atoms with Gasteiger partial charge in [0.1, 0.15) is 0 Å². The van der Waals surface area contributed by atoms with Crippen molar-refractivity contribution in [1.29, 1.82) is 0 Å². The molecular formula is C21H26. The minimum atomic E-state index is 1.17. The SMILES string of the molecule is C1=CCCCCC\C=C/C=C/C=C/C=C\C=C/C=C\C=C\1. The maximum Gasteiger partial charge on any atom is -0.0348 e. The zero-order valence-electron chi connectivity index (χ0n) is 12.8. The monoisotopic (exact) mass is 278 g/mol. The van der Waals surface area contributed by atoms with Crippen LogP contribution in [0.15, 0.2) is 97.2 Å². The number of rotatable bonds is 0. The lowest BCUT2D eigenvalue weighted by molar-refractivity contribution is 0.696. The first kappa shape index (κ1) is 17.0. The van der Waals surface area contributed by atoms with Crippen molar-refractivity contribution in [3.63, 3.8) is 0 Å². The highest BCUT2D eigenvalue weighted by Gasteiger charge is 1.84. The van der Waals surface area contributed by atoms with E-state index in [-0.39, 0.29) is 0 Å². The summed E-state index contributed by atoms with van der Waals surface area (Å²) < 4.78 is 0. The van der Waals surface area contributed by atoms with Crippen LogP contribution >= 0.6 is 0 Å². The van der Waals surface area contributed by atoms with Crippen molar-refractivity contribution in [1.82, 2.24) is 0 Å². The molecule has 0 aromatic carbocycles. The second-order valence-corrected chi connectivity index (χ2v) is 4.80. The third-order valence-corrected chi connectivity index (χ3v) is 2.96. The zero-order chi connectivity index (χ0) is 14.8. The molecule has 0 nitrogen and oxygen atoms in total. The molecule has 0 heterocycles. The molecule has 0 aliphatic heterocycles. The Morgan fingerprint density at radius 3 is 0.905 bits per heavy atom. The van der Waals surface area contributed by atoms with Crippen LogP contribution in [-0.4, -0.2) is 0 Å². The smallest absolute Gasteiger partial charge is 0.0348 e. The average Bonchev–Trinajstić information content (AvgIpc) is 2.50. The molecule has 21 heavy (non-hydrogen) atoms. The maximum atomic E-state index is 2.25. The van der Waals surface area contributed by atoms with Crippen LogP contribution in [-0.2, 0) is 0 Å². The summed E-state index contributed by atoms with van der Waals surface area (Å²) in [4.78, 5) is 0. The Morgan fingerprint density at radius 1 is 0.286 bits per heavy atom. The lowest BCUT2D eigenvalue weighted by Crippen LogP contribution is -1.74. The van der Waals surface area contributed by atoms with E-state index >= 15 is 0 Å². The normalized spacial score (nSPS) is 28.6. The van der Waals surface area contributed by atoms with Crippen molar-refractivity contribution in [2.75, 3.05) is 0 Å². The molecule has 0 amide bonds. The molecule has 0 saturated carbocycles. The van der Waals surface area contributed by atoms with Crippen LogP contribution in [0.4, 0.5) is 0 Å². The van der Waals surface area contributed by atoms with Gasteiger partial charge in [-0.15, -0.1) is 0 Å². The van der Waals surface area contributed by atoms with E-state index in [0.717, 1.165) is 0 Å². The summed E-state index contributed by atoms with van der Waals surface area (Å²) in [5, 5.41) is 0. The van der Waals surface area contributed by atoms with Gasteiger partial charge in [-0.25, -0.2) is 0 Å². The molecule has 0 unspecified atom stereocenters. The molecular weight excluding hydrogens is 252 g/mol. The van der Waals surface area contributed by atoms with Crippen LogP contribution in [0.25, 0.3) is 0 Å². The van der Waals surface area contributed by atoms with Gasteiger partial charge in [-0.1, -0.05) is 104 Å². The molecule has 0 spiro atoms. The van der Waals surface area contributed by atoms with E-state index in [4.69, 9.17) is 0 Å². The molecule has 0 fully saturated rings. The highest BCUT2D eigenvalue weighted by Crippen LogP contribution is 2.04. The third kappa shape index (κ3) is 12.7. The van der Waals surface area contributed by atoms with Gasteiger partial charge in [0.15, 0.2) is 0 Å². The van der Waals surface area contributed by atoms with E-state index in [9.17, 15) is 0 Å². The van der Waals surface area contributed by atoms with Crippen LogP contribution in [0.1, 0.15) is 32.1 Å². The van der Waals surface area contributed by atoms with Gasteiger partial charge in [0.2, 0.25) is 0 Å². The molecule has 0 bridgehead atoms. The zero-order valence-corrected chi connectivity index (χ0v) is 12.8. The van der Waals surface area contributed by atoms with Crippen LogP contribution in [0.3, 0.4) is 0 Å². The Kier molecular flexibility index (Phi) is 11.6. The van der Waals surface area contributed by atoms with Gasteiger partial charge in [-0.05, 0) is 25.7 Å². The summed E-state index contributed by atoms with van der Waals surface area (Å²) in [6, 6.07) is 0. The molecule has 1 rings (SSSR count). The Labute approximate surface area is 130 Å². The van der Waals surface area contributed by atoms with Crippen LogP contribution < -0.4 is 0 Å². The second kappa shape index (κ2) is 14.3. The van der Waals surface area contributed by atoms with E-state index in [0.29, 0.717) is 0 Å². The summed E-state index contributed by atoms with van der Waals surface area (Å²) in [7, 11) is 0. The molecule has 0 N–H and O–H groups in total. The molecule has 110 valence electrons. The minimum Gasteiger partial charge on any atom is -0.0845 e. The molecule has 1 aliphatic carbocycles. The third-order valence-electron chi connectivity index (χ3n) is 2.96. The molecule has 0 aromatic heterocycles. The largest absolute Gasteiger partial charge is 0.0845 e. The van der Waals surface area contributed by atoms with Gasteiger partial charge >= 0.3 is 0 Å². The van der Waals surface area contributed by atoms with E-state index < -0.39 is 0 Å². The van der Waals surface area contributed by atoms with Crippen molar-refractivity contribution >= 4 is 0 Å². The van der Waals surface area contributed by atoms with Gasteiger partial charge in [-0.3, -0.25) is 0 Å². The Morgan fingerprint density at radius 2 is 0.571 bits per heavy atom. The van der Waals surface area contributed by atoms with Crippen molar-refractivity contribution in [2.45, 2.75) is 32.1 Å². The first-order chi connectivity index (χ1) is 10.5. The van der Waals surface area contributed by atoms with Crippen molar-refractivity contribution in [2.24, 2.45) is 0 Å². The molecule has 0 radical (unpaired) electrons. The van der Waals surface area contributed by atoms with E-state index in [1.807, 2.05) is 48.6 Å². The van der Waals surface area contributed by atoms with Gasteiger partial charge in [0.05, 0.1) is 0 Å². The number of hydrogen-bond acceptors (Lipinski definition) is 0. The molecule has 0 aromatic rings. The lowest BCUT2D eigenvalue weighted by atomic mass is 10.1. The predicted octanol–water partition coefficient (Wildman–Crippen LogP) is 6.40. The Balaban J connectivity index is 2.49. The fourth-order valence-corrected chi connectivity index (χ4v) is 1.82. The summed E-state index contributed by atoms with van der Waals surface area (Å²) in [5.74, 6) is 0.